The molecule has 0 N–H and O–H groups in total. The van der Waals surface area contributed by atoms with Crippen molar-refractivity contribution in [1.29, 1.82) is 0 Å². The summed E-state index contributed by atoms with van der Waals surface area (Å²) in [6.07, 6.45) is 13.8. The minimum Gasteiger partial charge on any atom is -0.493 e. The number of hydrogen-bond acceptors (Lipinski definition) is 1. The fourth-order valence-corrected chi connectivity index (χ4v) is 6.71. The van der Waals surface area contributed by atoms with Gasteiger partial charge in [0.2, 0.25) is 0 Å². The number of hydrogen-bond donors (Lipinski definition) is 0. The van der Waals surface area contributed by atoms with Gasteiger partial charge in [0.1, 0.15) is 11.9 Å². The molecule has 124 valence electrons. The fraction of sp³-hybridized carbons (Fsp3) is 0.714. The summed E-state index contributed by atoms with van der Waals surface area (Å²) in [4.78, 5) is 0. The predicted molar refractivity (Wildman–Crippen MR) is 94.3 cm³/mol. The van der Waals surface area contributed by atoms with Crippen LogP contribution in [0.25, 0.3) is 0 Å². The highest BCUT2D eigenvalue weighted by Gasteiger charge is 2.56. The molecule has 0 radical (unpaired) electrons. The van der Waals surface area contributed by atoms with Crippen LogP contribution in [0.1, 0.15) is 58.8 Å². The summed E-state index contributed by atoms with van der Waals surface area (Å²) in [6.45, 7) is 4.94. The molecular weight excluding hydrogens is 304 g/mol. The molecule has 1 nitrogen and oxygen atoms in total. The summed E-state index contributed by atoms with van der Waals surface area (Å²) in [5.41, 5.74) is 5.18. The standard InChI is InChI=1S/C21H27ClO/c1-21(2)14-7-5-8-16(22)18(14)19-15(21)11-10-13-12-6-3-4-9-17(12)23-20(13)19/h3,6,12,15-17,19H,4-5,7-11H2,1-2H3/t12?,15?,16-,17?,19?/m0/s1. The van der Waals surface area contributed by atoms with Crippen molar-refractivity contribution in [3.8, 4) is 0 Å². The lowest BCUT2D eigenvalue weighted by Crippen LogP contribution is -2.30. The Balaban J connectivity index is 1.62. The fourth-order valence-electron chi connectivity index (χ4n) is 6.29. The molecule has 5 atom stereocenters. The second-order valence-corrected chi connectivity index (χ2v) is 9.24. The largest absolute Gasteiger partial charge is 0.493 e. The van der Waals surface area contributed by atoms with Crippen molar-refractivity contribution in [3.63, 3.8) is 0 Å². The quantitative estimate of drug-likeness (QED) is 0.405. The van der Waals surface area contributed by atoms with Crippen molar-refractivity contribution in [1.82, 2.24) is 0 Å². The zero-order chi connectivity index (χ0) is 15.8. The summed E-state index contributed by atoms with van der Waals surface area (Å²) < 4.78 is 6.61. The highest BCUT2D eigenvalue weighted by atomic mass is 35.5. The number of halogens is 1. The molecule has 4 unspecified atom stereocenters. The van der Waals surface area contributed by atoms with Gasteiger partial charge in [-0.3, -0.25) is 0 Å². The van der Waals surface area contributed by atoms with Crippen LogP contribution in [0, 0.1) is 23.2 Å². The van der Waals surface area contributed by atoms with Gasteiger partial charge in [-0.2, -0.15) is 0 Å². The third-order valence-corrected chi connectivity index (χ3v) is 7.83. The van der Waals surface area contributed by atoms with Crippen LogP contribution in [0.4, 0.5) is 0 Å². The number of allylic oxidation sites excluding steroid dienone is 3. The summed E-state index contributed by atoms with van der Waals surface area (Å²) in [7, 11) is 0. The van der Waals surface area contributed by atoms with Gasteiger partial charge in [0.05, 0.1) is 5.38 Å². The number of fused-ring (bicyclic) bond motifs is 5. The number of alkyl halides is 1. The van der Waals surface area contributed by atoms with Gasteiger partial charge in [-0.05, 0) is 67.4 Å². The number of ether oxygens (including phenoxy) is 1. The van der Waals surface area contributed by atoms with Crippen LogP contribution < -0.4 is 0 Å². The van der Waals surface area contributed by atoms with Crippen LogP contribution in [0.3, 0.4) is 0 Å². The first-order chi connectivity index (χ1) is 11.1. The molecule has 0 saturated heterocycles. The molecule has 0 aromatic heterocycles. The van der Waals surface area contributed by atoms with Crippen LogP contribution >= 0.6 is 11.6 Å². The van der Waals surface area contributed by atoms with Crippen molar-refractivity contribution in [2.75, 3.05) is 0 Å². The van der Waals surface area contributed by atoms with Gasteiger partial charge in [0.25, 0.3) is 0 Å². The van der Waals surface area contributed by atoms with Crippen molar-refractivity contribution in [3.05, 3.63) is 34.6 Å². The zero-order valence-electron chi connectivity index (χ0n) is 14.3. The van der Waals surface area contributed by atoms with Crippen molar-refractivity contribution >= 4 is 11.6 Å². The van der Waals surface area contributed by atoms with Crippen molar-refractivity contribution < 1.29 is 4.74 Å². The van der Waals surface area contributed by atoms with E-state index in [1.807, 2.05) is 0 Å². The molecule has 0 spiro atoms. The maximum atomic E-state index is 6.86. The molecule has 2 heteroatoms. The molecule has 4 aliphatic carbocycles. The molecule has 5 aliphatic rings. The van der Waals surface area contributed by atoms with Gasteiger partial charge in [-0.25, -0.2) is 0 Å². The van der Waals surface area contributed by atoms with E-state index in [1.54, 1.807) is 16.7 Å². The van der Waals surface area contributed by atoms with Crippen LogP contribution in [0.2, 0.25) is 0 Å². The monoisotopic (exact) mass is 330 g/mol. The first-order valence-electron chi connectivity index (χ1n) is 9.52. The summed E-state index contributed by atoms with van der Waals surface area (Å²) in [6, 6.07) is 0. The topological polar surface area (TPSA) is 9.23 Å². The third-order valence-electron chi connectivity index (χ3n) is 7.38. The molecule has 0 amide bonds. The van der Waals surface area contributed by atoms with Crippen LogP contribution in [-0.2, 0) is 4.74 Å². The van der Waals surface area contributed by atoms with Gasteiger partial charge >= 0.3 is 0 Å². The highest BCUT2D eigenvalue weighted by molar-refractivity contribution is 6.22. The van der Waals surface area contributed by atoms with E-state index < -0.39 is 0 Å². The minimum absolute atomic E-state index is 0.238. The van der Waals surface area contributed by atoms with E-state index in [2.05, 4.69) is 26.0 Å². The van der Waals surface area contributed by atoms with E-state index in [-0.39, 0.29) is 5.38 Å². The first-order valence-corrected chi connectivity index (χ1v) is 9.96. The van der Waals surface area contributed by atoms with Crippen molar-refractivity contribution in [2.24, 2.45) is 23.2 Å². The Labute approximate surface area is 144 Å². The van der Waals surface area contributed by atoms with Gasteiger partial charge < -0.3 is 4.74 Å². The lowest BCUT2D eigenvalue weighted by molar-refractivity contribution is 0.0810. The predicted octanol–water partition coefficient (Wildman–Crippen LogP) is 5.76. The van der Waals surface area contributed by atoms with Gasteiger partial charge in [0, 0.05) is 11.8 Å². The Bertz CT molecular complexity index is 638. The lowest BCUT2D eigenvalue weighted by Gasteiger charge is -2.37. The molecule has 23 heavy (non-hydrogen) atoms. The molecule has 0 aromatic rings. The summed E-state index contributed by atoms with van der Waals surface area (Å²) in [5.74, 6) is 3.11. The van der Waals surface area contributed by atoms with Crippen LogP contribution in [0.15, 0.2) is 34.6 Å². The van der Waals surface area contributed by atoms with Crippen LogP contribution in [-0.4, -0.2) is 11.5 Å². The van der Waals surface area contributed by atoms with E-state index in [1.165, 1.54) is 44.3 Å². The molecule has 0 bridgehead atoms. The summed E-state index contributed by atoms with van der Waals surface area (Å²) >= 11 is 6.86. The first kappa shape index (κ1) is 14.6. The van der Waals surface area contributed by atoms with E-state index in [9.17, 15) is 0 Å². The molecule has 0 aromatic carbocycles. The zero-order valence-corrected chi connectivity index (χ0v) is 15.0. The van der Waals surface area contributed by atoms with E-state index in [0.29, 0.717) is 29.3 Å². The Hall–Kier alpha value is -0.690. The maximum Gasteiger partial charge on any atom is 0.109 e. The average molecular weight is 331 g/mol. The van der Waals surface area contributed by atoms with Crippen LogP contribution in [0.5, 0.6) is 0 Å². The molecule has 1 aliphatic heterocycles. The van der Waals surface area contributed by atoms with Crippen molar-refractivity contribution in [2.45, 2.75) is 70.3 Å². The Morgan fingerprint density at radius 3 is 2.91 bits per heavy atom. The van der Waals surface area contributed by atoms with E-state index in [4.69, 9.17) is 16.3 Å². The van der Waals surface area contributed by atoms with Gasteiger partial charge in [-0.15, -0.1) is 11.6 Å². The lowest BCUT2D eigenvalue weighted by atomic mass is 9.67. The molecule has 5 rings (SSSR count). The molecule has 0 fully saturated rings. The van der Waals surface area contributed by atoms with Gasteiger partial charge in [0.15, 0.2) is 0 Å². The highest BCUT2D eigenvalue weighted by Crippen LogP contribution is 2.63. The second-order valence-electron chi connectivity index (χ2n) is 8.72. The Morgan fingerprint density at radius 2 is 2.04 bits per heavy atom. The van der Waals surface area contributed by atoms with E-state index in [0.717, 1.165) is 6.42 Å². The smallest absolute Gasteiger partial charge is 0.109 e. The second kappa shape index (κ2) is 4.91. The number of rotatable bonds is 0. The summed E-state index contributed by atoms with van der Waals surface area (Å²) in [5, 5.41) is 0.238. The van der Waals surface area contributed by atoms with Gasteiger partial charge in [-0.1, -0.05) is 31.6 Å². The third kappa shape index (κ3) is 1.86. The SMILES string of the molecule is CC1(C)C2=C(C3C4=C(CCC31)C1C=CCCC1O4)[C@@H](Cl)CCC2. The average Bonchev–Trinajstić information content (AvgIpc) is 3.02. The normalized spacial score (nSPS) is 43.7. The Kier molecular flexibility index (Phi) is 3.12. The molecule has 1 heterocycles. The van der Waals surface area contributed by atoms with E-state index >= 15 is 0 Å². The molecule has 0 saturated carbocycles. The minimum atomic E-state index is 0.238. The molecular formula is C21H27ClO. The Morgan fingerprint density at radius 1 is 1.17 bits per heavy atom. The maximum absolute atomic E-state index is 6.86.